The molecular weight excluding hydrogens is 240 g/mol. The molecule has 17 heavy (non-hydrogen) atoms. The van der Waals surface area contributed by atoms with Crippen molar-refractivity contribution in [2.45, 2.75) is 18.9 Å². The Balaban J connectivity index is 2.15. The largest absolute Gasteiger partial charge is 0.497 e. The molecule has 0 radical (unpaired) electrons. The lowest BCUT2D eigenvalue weighted by molar-refractivity contribution is 0.00721. The molecule has 4 heteroatoms. The van der Waals surface area contributed by atoms with E-state index < -0.39 is 6.10 Å². The van der Waals surface area contributed by atoms with Gasteiger partial charge in [-0.2, -0.15) is 0 Å². The van der Waals surface area contributed by atoms with Crippen molar-refractivity contribution in [3.8, 4) is 5.75 Å². The van der Waals surface area contributed by atoms with Crippen molar-refractivity contribution in [2.24, 2.45) is 5.92 Å². The lowest BCUT2D eigenvalue weighted by Gasteiger charge is -2.27. The monoisotopic (exact) mass is 256 g/mol. The van der Waals surface area contributed by atoms with E-state index in [9.17, 15) is 5.11 Å². The highest BCUT2D eigenvalue weighted by molar-refractivity contribution is 6.31. The van der Waals surface area contributed by atoms with Crippen molar-refractivity contribution in [2.75, 3.05) is 20.3 Å². The molecule has 0 spiro atoms. The smallest absolute Gasteiger partial charge is 0.120 e. The molecule has 1 N–H and O–H groups in total. The van der Waals surface area contributed by atoms with Crippen LogP contribution in [0.1, 0.15) is 24.5 Å². The molecule has 1 aliphatic rings. The lowest BCUT2D eigenvalue weighted by atomic mass is 9.89. The van der Waals surface area contributed by atoms with Crippen LogP contribution in [0.2, 0.25) is 5.02 Å². The topological polar surface area (TPSA) is 38.7 Å². The van der Waals surface area contributed by atoms with E-state index in [4.69, 9.17) is 21.1 Å². The van der Waals surface area contributed by atoms with Gasteiger partial charge in [0.2, 0.25) is 0 Å². The third-order valence-electron chi connectivity index (χ3n) is 3.24. The maximum absolute atomic E-state index is 10.3. The van der Waals surface area contributed by atoms with Gasteiger partial charge >= 0.3 is 0 Å². The van der Waals surface area contributed by atoms with Crippen LogP contribution >= 0.6 is 11.6 Å². The van der Waals surface area contributed by atoms with Gasteiger partial charge in [0.25, 0.3) is 0 Å². The van der Waals surface area contributed by atoms with Crippen LogP contribution < -0.4 is 4.74 Å². The van der Waals surface area contributed by atoms with Crippen molar-refractivity contribution >= 4 is 11.6 Å². The summed E-state index contributed by atoms with van der Waals surface area (Å²) in [5.74, 6) is 0.938. The Morgan fingerprint density at radius 3 is 2.71 bits per heavy atom. The number of halogens is 1. The lowest BCUT2D eigenvalue weighted by Crippen LogP contribution is -2.22. The number of hydrogen-bond acceptors (Lipinski definition) is 3. The first-order valence-corrected chi connectivity index (χ1v) is 6.19. The standard InChI is InChI=1S/C13H17ClO3/c1-16-10-2-3-11(12(14)8-10)13(15)9-4-6-17-7-5-9/h2-3,8-9,13,15H,4-7H2,1H3. The Bertz CT molecular complexity index is 375. The molecule has 1 fully saturated rings. The SMILES string of the molecule is COc1ccc(C(O)C2CCOCC2)c(Cl)c1. The highest BCUT2D eigenvalue weighted by Crippen LogP contribution is 2.35. The predicted molar refractivity (Wildman–Crippen MR) is 66.5 cm³/mol. The van der Waals surface area contributed by atoms with Gasteiger partial charge in [0.15, 0.2) is 0 Å². The maximum Gasteiger partial charge on any atom is 0.120 e. The van der Waals surface area contributed by atoms with Gasteiger partial charge in [0.1, 0.15) is 5.75 Å². The minimum atomic E-state index is -0.516. The molecule has 0 aromatic heterocycles. The van der Waals surface area contributed by atoms with E-state index in [-0.39, 0.29) is 5.92 Å². The zero-order valence-corrected chi connectivity index (χ0v) is 10.6. The van der Waals surface area contributed by atoms with E-state index >= 15 is 0 Å². The molecule has 1 aliphatic heterocycles. The van der Waals surface area contributed by atoms with Crippen LogP contribution in [0.4, 0.5) is 0 Å². The number of rotatable bonds is 3. The van der Waals surface area contributed by atoms with Gasteiger partial charge in [-0.3, -0.25) is 0 Å². The number of methoxy groups -OCH3 is 1. The van der Waals surface area contributed by atoms with E-state index in [0.29, 0.717) is 10.8 Å². The number of aliphatic hydroxyl groups excluding tert-OH is 1. The molecule has 1 heterocycles. The minimum Gasteiger partial charge on any atom is -0.497 e. The fourth-order valence-electron chi connectivity index (χ4n) is 2.16. The minimum absolute atomic E-state index is 0.231. The number of ether oxygens (including phenoxy) is 2. The zero-order chi connectivity index (χ0) is 12.3. The first-order valence-electron chi connectivity index (χ1n) is 5.81. The fourth-order valence-corrected chi connectivity index (χ4v) is 2.44. The summed E-state index contributed by atoms with van der Waals surface area (Å²) in [6.07, 6.45) is 1.24. The molecule has 94 valence electrons. The summed E-state index contributed by atoms with van der Waals surface area (Å²) in [5.41, 5.74) is 0.777. The molecule has 0 amide bonds. The van der Waals surface area contributed by atoms with Crippen LogP contribution in [0.3, 0.4) is 0 Å². The van der Waals surface area contributed by atoms with Crippen molar-refractivity contribution in [3.05, 3.63) is 28.8 Å². The molecule has 1 saturated heterocycles. The average Bonchev–Trinajstić information content (AvgIpc) is 2.39. The summed E-state index contributed by atoms with van der Waals surface area (Å²) in [6.45, 7) is 1.44. The highest BCUT2D eigenvalue weighted by Gasteiger charge is 2.25. The number of benzene rings is 1. The first-order chi connectivity index (χ1) is 8.22. The van der Waals surface area contributed by atoms with E-state index in [1.54, 1.807) is 13.2 Å². The van der Waals surface area contributed by atoms with Gasteiger partial charge in [0, 0.05) is 13.2 Å². The second kappa shape index (κ2) is 5.71. The summed E-state index contributed by atoms with van der Waals surface area (Å²) >= 11 is 6.15. The molecule has 2 rings (SSSR count). The van der Waals surface area contributed by atoms with E-state index in [2.05, 4.69) is 0 Å². The Morgan fingerprint density at radius 1 is 1.41 bits per heavy atom. The molecule has 1 aromatic carbocycles. The Hall–Kier alpha value is -0.770. The average molecular weight is 257 g/mol. The van der Waals surface area contributed by atoms with Crippen LogP contribution in [0.15, 0.2) is 18.2 Å². The van der Waals surface area contributed by atoms with Crippen molar-refractivity contribution in [1.29, 1.82) is 0 Å². The highest BCUT2D eigenvalue weighted by atomic mass is 35.5. The van der Waals surface area contributed by atoms with Crippen LogP contribution in [0.5, 0.6) is 5.75 Å². The van der Waals surface area contributed by atoms with Gasteiger partial charge in [-0.25, -0.2) is 0 Å². The Labute approximate surface area is 106 Å². The number of aliphatic hydroxyl groups is 1. The summed E-state index contributed by atoms with van der Waals surface area (Å²) in [6, 6.07) is 5.39. The predicted octanol–water partition coefficient (Wildman–Crippen LogP) is 2.81. The van der Waals surface area contributed by atoms with E-state index in [0.717, 1.165) is 31.6 Å². The maximum atomic E-state index is 10.3. The molecular formula is C13H17ClO3. The van der Waals surface area contributed by atoms with Crippen molar-refractivity contribution < 1.29 is 14.6 Å². The summed E-state index contributed by atoms with van der Waals surface area (Å²) in [4.78, 5) is 0. The molecule has 0 bridgehead atoms. The van der Waals surface area contributed by atoms with Gasteiger partial charge in [-0.1, -0.05) is 17.7 Å². The molecule has 0 aliphatic carbocycles. The van der Waals surface area contributed by atoms with Crippen molar-refractivity contribution in [3.63, 3.8) is 0 Å². The van der Waals surface area contributed by atoms with Gasteiger partial charge < -0.3 is 14.6 Å². The summed E-state index contributed by atoms with van der Waals surface area (Å²) in [7, 11) is 1.60. The quantitative estimate of drug-likeness (QED) is 0.904. The Morgan fingerprint density at radius 2 is 2.12 bits per heavy atom. The summed E-state index contributed by atoms with van der Waals surface area (Å²) < 4.78 is 10.4. The van der Waals surface area contributed by atoms with E-state index in [1.807, 2.05) is 12.1 Å². The third kappa shape index (κ3) is 2.92. The zero-order valence-electron chi connectivity index (χ0n) is 9.86. The molecule has 1 unspecified atom stereocenters. The van der Waals surface area contributed by atoms with Crippen LogP contribution in [-0.4, -0.2) is 25.4 Å². The number of hydrogen-bond donors (Lipinski definition) is 1. The normalized spacial score (nSPS) is 19.0. The molecule has 1 aromatic rings. The molecule has 1 atom stereocenters. The fraction of sp³-hybridized carbons (Fsp3) is 0.538. The van der Waals surface area contributed by atoms with Gasteiger partial charge in [0.05, 0.1) is 18.2 Å². The Kier molecular flexibility index (Phi) is 4.26. The molecule has 0 saturated carbocycles. The first kappa shape index (κ1) is 12.7. The second-order valence-electron chi connectivity index (χ2n) is 4.28. The van der Waals surface area contributed by atoms with Gasteiger partial charge in [-0.05, 0) is 36.5 Å². The second-order valence-corrected chi connectivity index (χ2v) is 4.69. The van der Waals surface area contributed by atoms with Crippen LogP contribution in [0.25, 0.3) is 0 Å². The van der Waals surface area contributed by atoms with Gasteiger partial charge in [-0.15, -0.1) is 0 Å². The third-order valence-corrected chi connectivity index (χ3v) is 3.57. The van der Waals surface area contributed by atoms with Crippen molar-refractivity contribution in [1.82, 2.24) is 0 Å². The summed E-state index contributed by atoms with van der Waals surface area (Å²) in [5, 5.41) is 10.9. The molecule has 3 nitrogen and oxygen atoms in total. The van der Waals surface area contributed by atoms with Crippen LogP contribution in [-0.2, 0) is 4.74 Å². The van der Waals surface area contributed by atoms with Crippen LogP contribution in [0, 0.1) is 5.92 Å². The van der Waals surface area contributed by atoms with E-state index in [1.165, 1.54) is 0 Å².